The summed E-state index contributed by atoms with van der Waals surface area (Å²) in [6.07, 6.45) is 10.1. The number of nitrogens with zero attached hydrogens (tertiary/aromatic N) is 2. The first-order valence-corrected chi connectivity index (χ1v) is 11.5. The zero-order valence-electron chi connectivity index (χ0n) is 19.1. The molecule has 1 aliphatic heterocycles. The minimum absolute atomic E-state index is 0.620. The van der Waals surface area contributed by atoms with Crippen LogP contribution in [0.3, 0.4) is 0 Å². The molecule has 0 radical (unpaired) electrons. The molecule has 0 aliphatic carbocycles. The van der Waals surface area contributed by atoms with E-state index in [1.165, 1.54) is 70.5 Å². The van der Waals surface area contributed by atoms with Crippen LogP contribution in [0.5, 0.6) is 0 Å². The molecular formula is C27H38N2. The van der Waals surface area contributed by atoms with Crippen molar-refractivity contribution in [1.82, 2.24) is 9.88 Å². The van der Waals surface area contributed by atoms with E-state index < -0.39 is 0 Å². The third-order valence-electron chi connectivity index (χ3n) is 6.88. The highest BCUT2D eigenvalue weighted by Crippen LogP contribution is 2.33. The Balaban J connectivity index is 1.85. The molecule has 0 N–H and O–H groups in total. The van der Waals surface area contributed by atoms with Gasteiger partial charge in [-0.15, -0.1) is 0 Å². The Morgan fingerprint density at radius 2 is 1.90 bits per heavy atom. The first kappa shape index (κ1) is 21.6. The predicted octanol–water partition coefficient (Wildman–Crippen LogP) is 6.59. The number of hydrogen-bond acceptors (Lipinski definition) is 2. The van der Waals surface area contributed by atoms with E-state index in [1.54, 1.807) is 0 Å². The van der Waals surface area contributed by atoms with Gasteiger partial charge in [0.25, 0.3) is 0 Å². The Morgan fingerprint density at radius 1 is 1.10 bits per heavy atom. The van der Waals surface area contributed by atoms with Gasteiger partial charge in [0, 0.05) is 35.7 Å². The van der Waals surface area contributed by atoms with Crippen molar-refractivity contribution in [3.8, 4) is 0 Å². The van der Waals surface area contributed by atoms with Gasteiger partial charge < -0.3 is 4.90 Å². The normalized spacial score (nSPS) is 15.2. The average Bonchev–Trinajstić information content (AvgIpc) is 2.87. The quantitative estimate of drug-likeness (QED) is 0.530. The monoisotopic (exact) mass is 390 g/mol. The molecule has 0 saturated heterocycles. The molecule has 1 atom stereocenters. The SMILES string of the molecule is C=C1c2ccc(CCc3c(C)ccnc3C)c(C)c2CCCN1C(CC)CCC. The molecule has 1 aromatic heterocycles. The molecule has 0 fully saturated rings. The van der Waals surface area contributed by atoms with Crippen LogP contribution >= 0.6 is 0 Å². The molecule has 2 aromatic rings. The van der Waals surface area contributed by atoms with Crippen LogP contribution in [0.1, 0.15) is 78.6 Å². The van der Waals surface area contributed by atoms with Crippen molar-refractivity contribution in [2.24, 2.45) is 0 Å². The smallest absolute Gasteiger partial charge is 0.0407 e. The molecule has 1 unspecified atom stereocenters. The summed E-state index contributed by atoms with van der Waals surface area (Å²) < 4.78 is 0. The Morgan fingerprint density at radius 3 is 2.59 bits per heavy atom. The first-order valence-electron chi connectivity index (χ1n) is 11.5. The van der Waals surface area contributed by atoms with E-state index in [2.05, 4.69) is 69.3 Å². The number of benzene rings is 1. The highest BCUT2D eigenvalue weighted by Gasteiger charge is 2.24. The second-order valence-electron chi connectivity index (χ2n) is 8.66. The van der Waals surface area contributed by atoms with Crippen molar-refractivity contribution in [2.75, 3.05) is 6.54 Å². The lowest BCUT2D eigenvalue weighted by Gasteiger charge is -2.34. The second-order valence-corrected chi connectivity index (χ2v) is 8.66. The fourth-order valence-corrected chi connectivity index (χ4v) is 5.06. The molecule has 0 spiro atoms. The maximum atomic E-state index is 4.55. The van der Waals surface area contributed by atoms with Gasteiger partial charge in [-0.2, -0.15) is 0 Å². The van der Waals surface area contributed by atoms with E-state index >= 15 is 0 Å². The summed E-state index contributed by atoms with van der Waals surface area (Å²) >= 11 is 0. The maximum absolute atomic E-state index is 4.55. The van der Waals surface area contributed by atoms with E-state index in [1.807, 2.05) is 6.20 Å². The van der Waals surface area contributed by atoms with E-state index in [0.717, 1.165) is 25.8 Å². The highest BCUT2D eigenvalue weighted by molar-refractivity contribution is 5.68. The van der Waals surface area contributed by atoms with Crippen LogP contribution in [-0.2, 0) is 19.3 Å². The third-order valence-corrected chi connectivity index (χ3v) is 6.88. The summed E-state index contributed by atoms with van der Waals surface area (Å²) in [5.74, 6) is 0. The summed E-state index contributed by atoms with van der Waals surface area (Å²) in [6, 6.07) is 7.45. The Labute approximate surface area is 178 Å². The molecule has 2 nitrogen and oxygen atoms in total. The topological polar surface area (TPSA) is 16.1 Å². The van der Waals surface area contributed by atoms with Gasteiger partial charge >= 0.3 is 0 Å². The molecule has 29 heavy (non-hydrogen) atoms. The zero-order valence-corrected chi connectivity index (χ0v) is 19.1. The molecule has 0 bridgehead atoms. The van der Waals surface area contributed by atoms with Crippen molar-refractivity contribution < 1.29 is 0 Å². The predicted molar refractivity (Wildman–Crippen MR) is 125 cm³/mol. The zero-order chi connectivity index (χ0) is 21.0. The number of rotatable bonds is 7. The fraction of sp³-hybridized carbons (Fsp3) is 0.519. The minimum atomic E-state index is 0.620. The largest absolute Gasteiger partial charge is 0.369 e. The Kier molecular flexibility index (Phi) is 7.16. The van der Waals surface area contributed by atoms with Gasteiger partial charge in [-0.25, -0.2) is 0 Å². The van der Waals surface area contributed by atoms with Crippen LogP contribution in [0.15, 0.2) is 31.0 Å². The summed E-state index contributed by atoms with van der Waals surface area (Å²) in [4.78, 5) is 7.09. The average molecular weight is 391 g/mol. The van der Waals surface area contributed by atoms with Crippen molar-refractivity contribution in [3.63, 3.8) is 0 Å². The van der Waals surface area contributed by atoms with Crippen LogP contribution in [-0.4, -0.2) is 22.5 Å². The van der Waals surface area contributed by atoms with Crippen LogP contribution in [0.2, 0.25) is 0 Å². The summed E-state index contributed by atoms with van der Waals surface area (Å²) in [6.45, 7) is 16.9. The highest BCUT2D eigenvalue weighted by atomic mass is 15.2. The summed E-state index contributed by atoms with van der Waals surface area (Å²) in [5.41, 5.74) is 11.0. The molecule has 1 aliphatic rings. The van der Waals surface area contributed by atoms with Crippen LogP contribution < -0.4 is 0 Å². The molecule has 3 rings (SSSR count). The minimum Gasteiger partial charge on any atom is -0.369 e. The van der Waals surface area contributed by atoms with Crippen molar-refractivity contribution in [2.45, 2.75) is 85.6 Å². The Hall–Kier alpha value is -2.09. The molecule has 0 amide bonds. The van der Waals surface area contributed by atoms with Crippen LogP contribution in [0, 0.1) is 20.8 Å². The van der Waals surface area contributed by atoms with Gasteiger partial charge in [0.2, 0.25) is 0 Å². The van der Waals surface area contributed by atoms with Gasteiger partial charge in [-0.05, 0) is 93.2 Å². The number of aromatic nitrogens is 1. The number of fused-ring (bicyclic) bond motifs is 1. The van der Waals surface area contributed by atoms with Crippen LogP contribution in [0.25, 0.3) is 5.70 Å². The van der Waals surface area contributed by atoms with Gasteiger partial charge in [0.1, 0.15) is 0 Å². The molecule has 1 aromatic carbocycles. The lowest BCUT2D eigenvalue weighted by molar-refractivity contribution is 0.270. The van der Waals surface area contributed by atoms with E-state index in [0.29, 0.717) is 6.04 Å². The second kappa shape index (κ2) is 9.61. The maximum Gasteiger partial charge on any atom is 0.0407 e. The lowest BCUT2D eigenvalue weighted by atomic mass is 9.90. The summed E-state index contributed by atoms with van der Waals surface area (Å²) in [7, 11) is 0. The fourth-order valence-electron chi connectivity index (χ4n) is 5.06. The van der Waals surface area contributed by atoms with Gasteiger partial charge in [-0.3, -0.25) is 4.98 Å². The van der Waals surface area contributed by atoms with Crippen molar-refractivity contribution in [1.29, 1.82) is 0 Å². The molecule has 156 valence electrons. The number of aryl methyl sites for hydroxylation is 3. The van der Waals surface area contributed by atoms with E-state index in [9.17, 15) is 0 Å². The lowest BCUT2D eigenvalue weighted by Crippen LogP contribution is -2.33. The molecule has 0 saturated carbocycles. The first-order chi connectivity index (χ1) is 14.0. The van der Waals surface area contributed by atoms with Gasteiger partial charge in [0.15, 0.2) is 0 Å². The molecule has 2 heteroatoms. The van der Waals surface area contributed by atoms with E-state index in [-0.39, 0.29) is 0 Å². The summed E-state index contributed by atoms with van der Waals surface area (Å²) in [5, 5.41) is 0. The van der Waals surface area contributed by atoms with Crippen molar-refractivity contribution in [3.05, 3.63) is 70.0 Å². The van der Waals surface area contributed by atoms with Crippen molar-refractivity contribution >= 4 is 5.70 Å². The third kappa shape index (κ3) is 4.57. The number of pyridine rings is 1. The molecule has 2 heterocycles. The standard InChI is InChI=1S/C27H38N2/c1-7-10-24(8-2)29-18-9-11-26-20(4)23(13-15-27(26)22(29)6)12-14-25-19(3)16-17-28-21(25)5/h13,15-17,24H,6-12,14,18H2,1-5H3. The van der Waals surface area contributed by atoms with Crippen LogP contribution in [0.4, 0.5) is 0 Å². The number of hydrogen-bond donors (Lipinski definition) is 0. The van der Waals surface area contributed by atoms with Gasteiger partial charge in [-0.1, -0.05) is 39.0 Å². The Bertz CT molecular complexity index is 845. The van der Waals surface area contributed by atoms with E-state index in [4.69, 9.17) is 0 Å². The van der Waals surface area contributed by atoms with Gasteiger partial charge in [0.05, 0.1) is 0 Å². The molecular weight excluding hydrogens is 352 g/mol.